The molecule has 1 aromatic carbocycles. The van der Waals surface area contributed by atoms with Crippen molar-refractivity contribution >= 4 is 27.0 Å². The minimum Gasteiger partial charge on any atom is -0.384 e. The highest BCUT2D eigenvalue weighted by Gasteiger charge is 2.20. The number of benzene rings is 1. The number of aryl methyl sites for hydroxylation is 2. The second-order valence-corrected chi connectivity index (χ2v) is 4.43. The summed E-state index contributed by atoms with van der Waals surface area (Å²) in [4.78, 5) is 0. The quantitative estimate of drug-likeness (QED) is 0.827. The number of imidazole rings is 1. The maximum absolute atomic E-state index is 9.35. The summed E-state index contributed by atoms with van der Waals surface area (Å²) in [5.41, 5.74) is 2.29. The van der Waals surface area contributed by atoms with Gasteiger partial charge in [-0.05, 0) is 19.1 Å². The first-order chi connectivity index (χ1) is 7.19. The lowest BCUT2D eigenvalue weighted by molar-refractivity contribution is -0.656. The molecule has 0 saturated heterocycles. The summed E-state index contributed by atoms with van der Waals surface area (Å²) in [6.45, 7) is 3.02. The van der Waals surface area contributed by atoms with Crippen molar-refractivity contribution in [2.24, 2.45) is 7.05 Å². The van der Waals surface area contributed by atoms with E-state index in [-0.39, 0.29) is 6.61 Å². The zero-order chi connectivity index (χ0) is 11.0. The summed E-state index contributed by atoms with van der Waals surface area (Å²) >= 11 is 3.46. The minimum atomic E-state index is 0.0661. The van der Waals surface area contributed by atoms with Crippen LogP contribution in [0.25, 0.3) is 11.0 Å². The number of aliphatic hydroxyl groups excluding tert-OH is 1. The van der Waals surface area contributed by atoms with Crippen LogP contribution in [-0.2, 0) is 20.2 Å². The molecule has 1 aromatic heterocycles. The van der Waals surface area contributed by atoms with Crippen LogP contribution in [0.3, 0.4) is 0 Å². The Balaban J connectivity index is 2.84. The lowest BCUT2D eigenvalue weighted by Crippen LogP contribution is -2.33. The molecule has 4 heteroatoms. The Hall–Kier alpha value is -0.870. The zero-order valence-corrected chi connectivity index (χ0v) is 10.5. The number of hydrogen-bond acceptors (Lipinski definition) is 1. The Labute approximate surface area is 97.1 Å². The molecule has 0 fully saturated rings. The highest BCUT2D eigenvalue weighted by atomic mass is 79.9. The van der Waals surface area contributed by atoms with Crippen LogP contribution in [0, 0.1) is 0 Å². The van der Waals surface area contributed by atoms with Crippen LogP contribution in [0.1, 0.15) is 12.7 Å². The van der Waals surface area contributed by atoms with E-state index in [0.29, 0.717) is 0 Å². The van der Waals surface area contributed by atoms with Gasteiger partial charge in [0.05, 0.1) is 13.6 Å². The first-order valence-electron chi connectivity index (χ1n) is 4.96. The summed E-state index contributed by atoms with van der Waals surface area (Å²) in [7, 11) is 1.98. The first kappa shape index (κ1) is 10.6. The van der Waals surface area contributed by atoms with E-state index in [9.17, 15) is 5.11 Å². The molecular weight excluding hydrogens is 256 g/mol. The standard InChI is InChI=1S/C11H14BrN2O/c1-3-14-9-5-4-8(12)6-10(9)13(2)11(14)7-15/h4-6,15H,3,7H2,1-2H3/q+1. The van der Waals surface area contributed by atoms with Crippen LogP contribution in [0.4, 0.5) is 0 Å². The molecule has 0 aliphatic rings. The highest BCUT2D eigenvalue weighted by Crippen LogP contribution is 2.19. The van der Waals surface area contributed by atoms with Gasteiger partial charge in [0, 0.05) is 10.5 Å². The van der Waals surface area contributed by atoms with Crippen LogP contribution < -0.4 is 4.57 Å². The predicted octanol–water partition coefficient (Wildman–Crippen LogP) is 1.74. The second-order valence-electron chi connectivity index (χ2n) is 3.51. The minimum absolute atomic E-state index is 0.0661. The van der Waals surface area contributed by atoms with E-state index in [0.717, 1.165) is 27.9 Å². The largest absolute Gasteiger partial charge is 0.384 e. The van der Waals surface area contributed by atoms with Crippen LogP contribution in [0.15, 0.2) is 22.7 Å². The van der Waals surface area contributed by atoms with Gasteiger partial charge in [0.2, 0.25) is 0 Å². The van der Waals surface area contributed by atoms with Crippen molar-refractivity contribution in [3.8, 4) is 0 Å². The fraction of sp³-hybridized carbons (Fsp3) is 0.364. The van der Waals surface area contributed by atoms with E-state index in [2.05, 4.69) is 39.6 Å². The maximum Gasteiger partial charge on any atom is 0.283 e. The van der Waals surface area contributed by atoms with E-state index in [4.69, 9.17) is 0 Å². The van der Waals surface area contributed by atoms with Gasteiger partial charge in [-0.3, -0.25) is 0 Å². The Morgan fingerprint density at radius 2 is 2.20 bits per heavy atom. The van der Waals surface area contributed by atoms with Gasteiger partial charge in [0.25, 0.3) is 5.82 Å². The van der Waals surface area contributed by atoms with E-state index < -0.39 is 0 Å². The normalized spacial score (nSPS) is 11.2. The summed E-state index contributed by atoms with van der Waals surface area (Å²) in [6.07, 6.45) is 0. The first-order valence-corrected chi connectivity index (χ1v) is 5.75. The molecule has 80 valence electrons. The maximum atomic E-state index is 9.35. The average Bonchev–Trinajstić information content (AvgIpc) is 2.51. The van der Waals surface area contributed by atoms with Crippen molar-refractivity contribution in [1.29, 1.82) is 0 Å². The highest BCUT2D eigenvalue weighted by molar-refractivity contribution is 9.10. The van der Waals surface area contributed by atoms with Crippen molar-refractivity contribution in [3.05, 3.63) is 28.5 Å². The molecule has 0 amide bonds. The Bertz CT molecular complexity index is 505. The Morgan fingerprint density at radius 1 is 1.47 bits per heavy atom. The molecule has 0 aliphatic carbocycles. The third-order valence-corrected chi connectivity index (χ3v) is 3.24. The number of rotatable bonds is 2. The van der Waals surface area contributed by atoms with E-state index in [1.165, 1.54) is 0 Å². The van der Waals surface area contributed by atoms with Gasteiger partial charge in [0.15, 0.2) is 11.0 Å². The van der Waals surface area contributed by atoms with Crippen molar-refractivity contribution in [3.63, 3.8) is 0 Å². The molecule has 2 aromatic rings. The molecular formula is C11H14BrN2O+. The molecule has 1 N–H and O–H groups in total. The van der Waals surface area contributed by atoms with Crippen molar-refractivity contribution in [2.75, 3.05) is 0 Å². The van der Waals surface area contributed by atoms with Gasteiger partial charge in [-0.1, -0.05) is 15.9 Å². The molecule has 0 bridgehead atoms. The molecule has 0 saturated carbocycles. The van der Waals surface area contributed by atoms with Crippen molar-refractivity contribution < 1.29 is 9.67 Å². The average molecular weight is 270 g/mol. The van der Waals surface area contributed by atoms with Gasteiger partial charge >= 0.3 is 0 Å². The van der Waals surface area contributed by atoms with Crippen LogP contribution in [-0.4, -0.2) is 9.67 Å². The van der Waals surface area contributed by atoms with Gasteiger partial charge in [0.1, 0.15) is 6.61 Å². The number of hydrogen-bond donors (Lipinski definition) is 1. The Kier molecular flexibility index (Phi) is 2.80. The van der Waals surface area contributed by atoms with E-state index in [1.807, 2.05) is 17.7 Å². The zero-order valence-electron chi connectivity index (χ0n) is 8.87. The van der Waals surface area contributed by atoms with Crippen LogP contribution in [0.5, 0.6) is 0 Å². The summed E-state index contributed by atoms with van der Waals surface area (Å²) < 4.78 is 5.22. The number of aromatic nitrogens is 2. The summed E-state index contributed by atoms with van der Waals surface area (Å²) in [5, 5.41) is 9.35. The topological polar surface area (TPSA) is 29.0 Å². The lowest BCUT2D eigenvalue weighted by atomic mass is 10.3. The van der Waals surface area contributed by atoms with Crippen LogP contribution >= 0.6 is 15.9 Å². The molecule has 15 heavy (non-hydrogen) atoms. The fourth-order valence-corrected chi connectivity index (χ4v) is 2.35. The van der Waals surface area contributed by atoms with Crippen molar-refractivity contribution in [2.45, 2.75) is 20.1 Å². The number of nitrogens with zero attached hydrogens (tertiary/aromatic N) is 2. The second kappa shape index (κ2) is 3.94. The molecule has 0 atom stereocenters. The molecule has 0 spiro atoms. The molecule has 1 heterocycles. The SMILES string of the molecule is CCn1c(CO)[n+](C)c2cc(Br)ccc21. The number of aliphatic hydroxyl groups is 1. The van der Waals surface area contributed by atoms with E-state index in [1.54, 1.807) is 0 Å². The Morgan fingerprint density at radius 3 is 2.80 bits per heavy atom. The molecule has 2 rings (SSSR count). The van der Waals surface area contributed by atoms with Gasteiger partial charge < -0.3 is 5.11 Å². The van der Waals surface area contributed by atoms with Crippen LogP contribution in [0.2, 0.25) is 0 Å². The predicted molar refractivity (Wildman–Crippen MR) is 62.4 cm³/mol. The molecule has 0 radical (unpaired) electrons. The van der Waals surface area contributed by atoms with Gasteiger partial charge in [-0.2, -0.15) is 0 Å². The van der Waals surface area contributed by atoms with E-state index >= 15 is 0 Å². The molecule has 3 nitrogen and oxygen atoms in total. The van der Waals surface area contributed by atoms with Crippen molar-refractivity contribution in [1.82, 2.24) is 4.57 Å². The third kappa shape index (κ3) is 1.58. The smallest absolute Gasteiger partial charge is 0.283 e. The fourth-order valence-electron chi connectivity index (χ4n) is 2.00. The summed E-state index contributed by atoms with van der Waals surface area (Å²) in [6, 6.07) is 6.17. The molecule has 0 unspecified atom stereocenters. The van der Waals surface area contributed by atoms with Gasteiger partial charge in [-0.25, -0.2) is 9.13 Å². The molecule has 0 aliphatic heterocycles. The third-order valence-electron chi connectivity index (χ3n) is 2.75. The van der Waals surface area contributed by atoms with Gasteiger partial charge in [-0.15, -0.1) is 0 Å². The summed E-state index contributed by atoms with van der Waals surface area (Å²) in [5.74, 6) is 0.936. The lowest BCUT2D eigenvalue weighted by Gasteiger charge is -1.95. The number of halogens is 1. The number of fused-ring (bicyclic) bond motifs is 1. The monoisotopic (exact) mass is 269 g/mol.